The third-order valence-electron chi connectivity index (χ3n) is 15.4. The predicted molar refractivity (Wildman–Crippen MR) is 503 cm³/mol. The maximum Gasteiger partial charge on any atom is 0.180 e. The third-order valence-corrected chi connectivity index (χ3v) is 15.4. The van der Waals surface area contributed by atoms with Crippen molar-refractivity contribution in [3.63, 3.8) is 0 Å². The molecule has 0 aliphatic heterocycles. The Labute approximate surface area is 811 Å². The van der Waals surface area contributed by atoms with E-state index in [-0.39, 0.29) is 77.2 Å². The number of aliphatic hydroxyl groups is 9. The van der Waals surface area contributed by atoms with E-state index in [9.17, 15) is 5.11 Å². The van der Waals surface area contributed by atoms with Gasteiger partial charge < -0.3 is 216 Å². The van der Waals surface area contributed by atoms with E-state index in [1.54, 1.807) is 71.1 Å². The highest BCUT2D eigenvalue weighted by Crippen LogP contribution is 2.03. The number of aliphatic hydroxyl groups excluding tert-OH is 9. The fourth-order valence-corrected chi connectivity index (χ4v) is 8.20. The fraction of sp³-hybridized carbons (Fsp3) is 1.00. The van der Waals surface area contributed by atoms with E-state index in [0.29, 0.717) is 356 Å². The van der Waals surface area contributed by atoms with Gasteiger partial charge in [0.15, 0.2) is 18.9 Å². The summed E-state index contributed by atoms with van der Waals surface area (Å²) in [7, 11) is 19.1. The first kappa shape index (κ1) is 151. The quantitative estimate of drug-likeness (QED) is 0.0305. The molecule has 828 valence electrons. The highest BCUT2D eigenvalue weighted by atomic mass is 16.7. The number of hydrogen-bond donors (Lipinski definition) is 9. The van der Waals surface area contributed by atoms with E-state index in [1.165, 1.54) is 14.2 Å². The summed E-state index contributed by atoms with van der Waals surface area (Å²) in [4.78, 5) is 0. The zero-order valence-electron chi connectivity index (χ0n) is 86.0. The van der Waals surface area contributed by atoms with Crippen LogP contribution in [0.15, 0.2) is 0 Å². The van der Waals surface area contributed by atoms with E-state index in [0.717, 1.165) is 39.1 Å². The van der Waals surface area contributed by atoms with Crippen LogP contribution in [-0.4, -0.2) is 566 Å². The standard InChI is InChI=1S/C14H30O7.C13H28O5.C12H26O7.C12H26O5.C11H24O5.C10H22O5.C8H18O5.C6H14O3.C4H10O3/c1-16-3-5-18-7-9-20-12-14(11-15)13-21-10-8-19-6-4-17-2;1-2-3-6-15-8-10-17-12-13-18-11-9-16-7-4-5-14;1-14-3-5-16-7-9-18-12(11-13)19-10-8-17-6-4-15-2;1-2-5-14-7-9-16-11-12-17-10-8-15-6-3-4-13;1-2-13-6-7-15-10-11-16-9-8-14-5-3-4-12;1-12-3-5-14-8-10(7-11)9-15-6-4-13-2;1-10-3-5-12-8(7-9)13-6-4-11-2;1-8-4-6(3-7)5-9-2;1-6-4(3-5)7-2/h14-15H,3-13H2,1-2H3;14H,2-13H2,1H3;12-13H,3-11H2,1-2H3;13H,2-12H2,1H3;12H,2-11H2,1H3;10-11H,3-9H2,1-2H3;8-9H,3-7H2,1-2H3;6-7H,3-5H2,1-2H3;4-5H,3H2,1-2H3. The Morgan fingerprint density at radius 1 is 0.156 bits per heavy atom. The van der Waals surface area contributed by atoms with Crippen molar-refractivity contribution in [2.45, 2.75) is 78.2 Å². The number of hydrogen-bond acceptors (Lipinski definition) is 45. The summed E-state index contributed by atoms with van der Waals surface area (Å²) in [5, 5.41) is 78.5. The average Bonchev–Trinajstić information content (AvgIpc) is 1.03. The second-order valence-electron chi connectivity index (χ2n) is 27.1. The first-order chi connectivity index (χ1) is 66.3. The molecular weight excluding hydrogens is 1800 g/mol. The molecule has 0 spiro atoms. The number of unbranched alkanes of at least 4 members (excludes halogenated alkanes) is 1. The Hall–Kier alpha value is -1.80. The van der Waals surface area contributed by atoms with Gasteiger partial charge in [0.1, 0.15) is 0 Å². The molecule has 0 aromatic heterocycles. The zero-order chi connectivity index (χ0) is 102. The summed E-state index contributed by atoms with van der Waals surface area (Å²) in [6.45, 7) is 36.5. The number of methoxy groups -OCH3 is 12. The van der Waals surface area contributed by atoms with Gasteiger partial charge in [0.25, 0.3) is 0 Å². The molecule has 0 atom stereocenters. The molecule has 45 heteroatoms. The van der Waals surface area contributed by atoms with Gasteiger partial charge >= 0.3 is 0 Å². The second-order valence-corrected chi connectivity index (χ2v) is 27.1. The minimum absolute atomic E-state index is 0.0250. The van der Waals surface area contributed by atoms with Gasteiger partial charge in [0.2, 0.25) is 0 Å². The van der Waals surface area contributed by atoms with Crippen molar-refractivity contribution in [2.75, 3.05) is 502 Å². The van der Waals surface area contributed by atoms with Crippen molar-refractivity contribution in [3.05, 3.63) is 0 Å². The van der Waals surface area contributed by atoms with Gasteiger partial charge in [0.05, 0.1) is 357 Å². The summed E-state index contributed by atoms with van der Waals surface area (Å²) in [6, 6.07) is 0. The van der Waals surface area contributed by atoms with Gasteiger partial charge in [-0.1, -0.05) is 20.3 Å². The first-order valence-corrected chi connectivity index (χ1v) is 46.8. The molecule has 0 aromatic carbocycles. The molecule has 0 heterocycles. The van der Waals surface area contributed by atoms with E-state index in [4.69, 9.17) is 202 Å². The zero-order valence-corrected chi connectivity index (χ0v) is 86.0. The fourth-order valence-electron chi connectivity index (χ4n) is 8.20. The van der Waals surface area contributed by atoms with Crippen molar-refractivity contribution in [3.8, 4) is 0 Å². The molecule has 0 amide bonds. The van der Waals surface area contributed by atoms with Crippen molar-refractivity contribution < 1.29 is 216 Å². The molecule has 0 bridgehead atoms. The lowest BCUT2D eigenvalue weighted by molar-refractivity contribution is -0.176. The number of rotatable bonds is 102. The largest absolute Gasteiger partial charge is 0.396 e. The van der Waals surface area contributed by atoms with E-state index in [2.05, 4.69) is 23.3 Å². The van der Waals surface area contributed by atoms with Crippen LogP contribution in [-0.2, 0) is 171 Å². The van der Waals surface area contributed by atoms with Crippen LogP contribution in [0.1, 0.15) is 59.3 Å². The van der Waals surface area contributed by atoms with E-state index in [1.807, 2.05) is 6.92 Å². The maximum atomic E-state index is 9.22. The smallest absolute Gasteiger partial charge is 0.180 e. The normalized spacial score (nSPS) is 11.1. The SMILES string of the molecule is CCCCOCCOCCOCCOCCCO.CCCOCCOCCOCCOCCCO.CCOCCOCCOCCOCCCO.COC(CO)OC.COCC(CO)COC.COCCOC(CO)OCCOC.COCCOCC(CO)COCCOC.COCCOCCOC(CO)OCCOCCOC.COCCOCCOCC(CO)COCCOCCOC. The van der Waals surface area contributed by atoms with Gasteiger partial charge in [-0.2, -0.15) is 0 Å². The Morgan fingerprint density at radius 3 is 0.533 bits per heavy atom. The topological polar surface area (TPSA) is 514 Å². The number of ether oxygens (including phenoxy) is 36. The molecule has 0 radical (unpaired) electrons. The molecule has 0 aliphatic rings. The summed E-state index contributed by atoms with van der Waals surface area (Å²) >= 11 is 0. The summed E-state index contributed by atoms with van der Waals surface area (Å²) in [5.41, 5.74) is 0. The molecule has 0 unspecified atom stereocenters. The lowest BCUT2D eigenvalue weighted by Crippen LogP contribution is -2.25. The van der Waals surface area contributed by atoms with Crippen LogP contribution in [0.25, 0.3) is 0 Å². The van der Waals surface area contributed by atoms with Gasteiger partial charge in [0, 0.05) is 163 Å². The predicted octanol–water partition coefficient (Wildman–Crippen LogP) is 1.19. The lowest BCUT2D eigenvalue weighted by atomic mass is 10.2. The summed E-state index contributed by atoms with van der Waals surface area (Å²) < 4.78 is 184. The molecule has 45 nitrogen and oxygen atoms in total. The van der Waals surface area contributed by atoms with Crippen LogP contribution in [0, 0.1) is 17.8 Å². The molecule has 0 aliphatic carbocycles. The van der Waals surface area contributed by atoms with Crippen LogP contribution in [0.2, 0.25) is 0 Å². The Morgan fingerprint density at radius 2 is 0.341 bits per heavy atom. The Kier molecular flexibility index (Phi) is 173. The molecule has 0 fully saturated rings. The van der Waals surface area contributed by atoms with Gasteiger partial charge in [-0.25, -0.2) is 0 Å². The van der Waals surface area contributed by atoms with Gasteiger partial charge in [-0.15, -0.1) is 0 Å². The highest BCUT2D eigenvalue weighted by Gasteiger charge is 2.12. The Bertz CT molecular complexity index is 1720. The average molecular weight is 2000 g/mol. The molecule has 0 saturated heterocycles. The van der Waals surface area contributed by atoms with Gasteiger partial charge in [-0.3, -0.25) is 0 Å². The highest BCUT2D eigenvalue weighted by molar-refractivity contribution is 4.57. The second kappa shape index (κ2) is 155. The minimum atomic E-state index is -0.642. The minimum Gasteiger partial charge on any atom is -0.396 e. The van der Waals surface area contributed by atoms with Crippen molar-refractivity contribution in [1.29, 1.82) is 0 Å². The van der Waals surface area contributed by atoms with E-state index >= 15 is 0 Å². The monoisotopic (exact) mass is 2000 g/mol. The third kappa shape index (κ3) is 160. The molecule has 0 rings (SSSR count). The van der Waals surface area contributed by atoms with Crippen LogP contribution in [0.4, 0.5) is 0 Å². The molecule has 135 heavy (non-hydrogen) atoms. The van der Waals surface area contributed by atoms with Crippen LogP contribution >= 0.6 is 0 Å². The van der Waals surface area contributed by atoms with E-state index < -0.39 is 18.9 Å². The van der Waals surface area contributed by atoms with Crippen LogP contribution < -0.4 is 0 Å². The molecule has 0 saturated carbocycles. The molecule has 0 aromatic rings. The maximum absolute atomic E-state index is 9.22. The van der Waals surface area contributed by atoms with Crippen molar-refractivity contribution >= 4 is 0 Å². The van der Waals surface area contributed by atoms with Crippen LogP contribution in [0.5, 0.6) is 0 Å². The van der Waals surface area contributed by atoms with Crippen molar-refractivity contribution in [1.82, 2.24) is 0 Å². The summed E-state index contributed by atoms with van der Waals surface area (Å²) in [6.07, 6.45) is 3.68. The lowest BCUT2D eigenvalue weighted by Gasteiger charge is -2.16. The van der Waals surface area contributed by atoms with Crippen LogP contribution in [0.3, 0.4) is 0 Å². The first-order valence-electron chi connectivity index (χ1n) is 46.8. The van der Waals surface area contributed by atoms with Crippen molar-refractivity contribution in [2.24, 2.45) is 17.8 Å². The summed E-state index contributed by atoms with van der Waals surface area (Å²) in [5.74, 6) is 0.127. The van der Waals surface area contributed by atoms with Gasteiger partial charge in [-0.05, 0) is 39.0 Å². The Balaban J connectivity index is -0.000000191. The molecular formula is C90H198O45. The molecule has 9 N–H and O–H groups in total.